The molecule has 1 N–H and O–H groups in total. The van der Waals surface area contributed by atoms with E-state index in [-0.39, 0.29) is 0 Å². The van der Waals surface area contributed by atoms with E-state index >= 15 is 0 Å². The van der Waals surface area contributed by atoms with Gasteiger partial charge in [0.15, 0.2) is 0 Å². The fourth-order valence-corrected chi connectivity index (χ4v) is 1.56. The Morgan fingerprint density at radius 1 is 1.17 bits per heavy atom. The van der Waals surface area contributed by atoms with Crippen LogP contribution < -0.4 is 5.32 Å². The summed E-state index contributed by atoms with van der Waals surface area (Å²) in [5.41, 5.74) is 1.56. The van der Waals surface area contributed by atoms with Gasteiger partial charge < -0.3 is 5.32 Å². The zero-order valence-corrected chi connectivity index (χ0v) is 10.3. The van der Waals surface area contributed by atoms with Crippen LogP contribution in [0.5, 0.6) is 0 Å². The SMILES string of the molecule is Cl/C=C/CNCCCCCCI. The topological polar surface area (TPSA) is 12.0 Å². The number of alkyl halides is 1. The quantitative estimate of drug-likeness (QED) is 0.412. The van der Waals surface area contributed by atoms with E-state index in [4.69, 9.17) is 11.6 Å². The summed E-state index contributed by atoms with van der Waals surface area (Å²) < 4.78 is 1.29. The molecule has 72 valence electrons. The molecule has 0 aromatic heterocycles. The third-order valence-corrected chi connectivity index (χ3v) is 2.53. The van der Waals surface area contributed by atoms with Gasteiger partial charge in [-0.25, -0.2) is 0 Å². The lowest BCUT2D eigenvalue weighted by atomic mass is 10.2. The van der Waals surface area contributed by atoms with Crippen molar-refractivity contribution < 1.29 is 0 Å². The van der Waals surface area contributed by atoms with Crippen molar-refractivity contribution in [2.24, 2.45) is 0 Å². The Labute approximate surface area is 94.1 Å². The van der Waals surface area contributed by atoms with Crippen molar-refractivity contribution >= 4 is 34.2 Å². The Morgan fingerprint density at radius 2 is 1.92 bits per heavy atom. The number of hydrogen-bond donors (Lipinski definition) is 1. The summed E-state index contributed by atoms with van der Waals surface area (Å²) in [4.78, 5) is 0. The van der Waals surface area contributed by atoms with E-state index in [1.165, 1.54) is 30.1 Å². The van der Waals surface area contributed by atoms with Crippen LogP contribution in [0.25, 0.3) is 0 Å². The van der Waals surface area contributed by atoms with Gasteiger partial charge in [-0.05, 0) is 23.8 Å². The van der Waals surface area contributed by atoms with Crippen LogP contribution in [0.15, 0.2) is 11.6 Å². The molecule has 0 spiro atoms. The molecule has 0 aliphatic rings. The van der Waals surface area contributed by atoms with E-state index in [9.17, 15) is 0 Å². The van der Waals surface area contributed by atoms with Crippen LogP contribution in [0.2, 0.25) is 0 Å². The first kappa shape index (κ1) is 12.7. The molecule has 12 heavy (non-hydrogen) atoms. The third kappa shape index (κ3) is 10.7. The van der Waals surface area contributed by atoms with Crippen LogP contribution >= 0.6 is 34.2 Å². The van der Waals surface area contributed by atoms with Gasteiger partial charge in [0.2, 0.25) is 0 Å². The van der Waals surface area contributed by atoms with Gasteiger partial charge in [-0.15, -0.1) is 0 Å². The van der Waals surface area contributed by atoms with Crippen LogP contribution in [-0.4, -0.2) is 17.5 Å². The van der Waals surface area contributed by atoms with Crippen molar-refractivity contribution in [1.82, 2.24) is 5.32 Å². The van der Waals surface area contributed by atoms with Gasteiger partial charge in [-0.3, -0.25) is 0 Å². The molecule has 1 nitrogen and oxygen atoms in total. The highest BCUT2D eigenvalue weighted by Crippen LogP contribution is 2.00. The standard InChI is InChI=1S/C9H17ClIN/c10-6-5-9-12-8-4-2-1-3-7-11/h5-6,12H,1-4,7-9H2/b6-5+. The Hall–Kier alpha value is 0.720. The minimum Gasteiger partial charge on any atom is -0.313 e. The van der Waals surface area contributed by atoms with Gasteiger partial charge in [-0.2, -0.15) is 0 Å². The maximum atomic E-state index is 5.36. The summed E-state index contributed by atoms with van der Waals surface area (Å²) in [6.45, 7) is 2.01. The molecule has 0 atom stereocenters. The monoisotopic (exact) mass is 301 g/mol. The molecule has 0 aliphatic heterocycles. The van der Waals surface area contributed by atoms with Gasteiger partial charge in [0.05, 0.1) is 0 Å². The van der Waals surface area contributed by atoms with Crippen LogP contribution in [0.1, 0.15) is 25.7 Å². The van der Waals surface area contributed by atoms with Crippen LogP contribution in [0.3, 0.4) is 0 Å². The smallest absolute Gasteiger partial charge is 0.0146 e. The lowest BCUT2D eigenvalue weighted by Gasteiger charge is -2.00. The zero-order chi connectivity index (χ0) is 9.07. The summed E-state index contributed by atoms with van der Waals surface area (Å²) in [5, 5.41) is 3.29. The number of unbranched alkanes of at least 4 members (excludes halogenated alkanes) is 3. The highest BCUT2D eigenvalue weighted by molar-refractivity contribution is 14.1. The second-order valence-electron chi connectivity index (χ2n) is 2.67. The summed E-state index contributed by atoms with van der Waals surface area (Å²) in [7, 11) is 0. The average molecular weight is 302 g/mol. The molecule has 0 radical (unpaired) electrons. The molecular formula is C9H17ClIN. The normalized spacial score (nSPS) is 11.2. The molecule has 0 saturated heterocycles. The largest absolute Gasteiger partial charge is 0.313 e. The van der Waals surface area contributed by atoms with Gasteiger partial charge >= 0.3 is 0 Å². The van der Waals surface area contributed by atoms with Gasteiger partial charge in [0, 0.05) is 12.1 Å². The van der Waals surface area contributed by atoms with Crippen molar-refractivity contribution in [3.05, 3.63) is 11.6 Å². The Balaban J connectivity index is 2.81. The summed E-state index contributed by atoms with van der Waals surface area (Å²) >= 11 is 7.79. The lowest BCUT2D eigenvalue weighted by molar-refractivity contribution is 0.624. The first-order chi connectivity index (χ1) is 5.91. The number of nitrogens with one attached hydrogen (secondary N) is 1. The Kier molecular flexibility index (Phi) is 12.4. The summed E-state index contributed by atoms with van der Waals surface area (Å²) in [6, 6.07) is 0. The zero-order valence-electron chi connectivity index (χ0n) is 7.36. The number of hydrogen-bond acceptors (Lipinski definition) is 1. The molecule has 0 aromatic carbocycles. The molecule has 0 rings (SSSR count). The molecule has 0 bridgehead atoms. The molecular weight excluding hydrogens is 284 g/mol. The highest BCUT2D eigenvalue weighted by Gasteiger charge is 1.87. The number of halogens is 2. The third-order valence-electron chi connectivity index (χ3n) is 1.59. The summed E-state index contributed by atoms with van der Waals surface area (Å²) in [5.74, 6) is 0. The molecule has 0 aromatic rings. The first-order valence-corrected chi connectivity index (χ1v) is 6.40. The van der Waals surface area contributed by atoms with Crippen molar-refractivity contribution in [3.63, 3.8) is 0 Å². The van der Waals surface area contributed by atoms with Crippen LogP contribution in [0, 0.1) is 0 Å². The van der Waals surface area contributed by atoms with E-state index in [1.54, 1.807) is 5.54 Å². The van der Waals surface area contributed by atoms with E-state index in [0.717, 1.165) is 13.1 Å². The molecule has 3 heteroatoms. The van der Waals surface area contributed by atoms with Crippen molar-refractivity contribution in [3.8, 4) is 0 Å². The Bertz CT molecular complexity index is 107. The Morgan fingerprint density at radius 3 is 2.58 bits per heavy atom. The molecule has 0 aliphatic carbocycles. The predicted molar refractivity (Wildman–Crippen MR) is 65.2 cm³/mol. The van der Waals surface area contributed by atoms with E-state index in [1.807, 2.05) is 6.08 Å². The second kappa shape index (κ2) is 11.7. The minimum absolute atomic E-state index is 0.899. The highest BCUT2D eigenvalue weighted by atomic mass is 127. The van der Waals surface area contributed by atoms with Crippen LogP contribution in [-0.2, 0) is 0 Å². The first-order valence-electron chi connectivity index (χ1n) is 4.43. The van der Waals surface area contributed by atoms with Gasteiger partial charge in [0.1, 0.15) is 0 Å². The van der Waals surface area contributed by atoms with Crippen molar-refractivity contribution in [2.45, 2.75) is 25.7 Å². The van der Waals surface area contributed by atoms with Crippen LogP contribution in [0.4, 0.5) is 0 Å². The fraction of sp³-hybridized carbons (Fsp3) is 0.778. The molecule has 0 unspecified atom stereocenters. The maximum absolute atomic E-state index is 5.36. The second-order valence-corrected chi connectivity index (χ2v) is 4.00. The average Bonchev–Trinajstić information content (AvgIpc) is 2.10. The van der Waals surface area contributed by atoms with E-state index < -0.39 is 0 Å². The van der Waals surface area contributed by atoms with E-state index in [2.05, 4.69) is 27.9 Å². The minimum atomic E-state index is 0.899. The molecule has 0 heterocycles. The maximum Gasteiger partial charge on any atom is 0.0146 e. The van der Waals surface area contributed by atoms with Gasteiger partial charge in [0.25, 0.3) is 0 Å². The van der Waals surface area contributed by atoms with Crippen molar-refractivity contribution in [1.29, 1.82) is 0 Å². The van der Waals surface area contributed by atoms with E-state index in [0.29, 0.717) is 0 Å². The fourth-order valence-electron chi connectivity index (χ4n) is 0.928. The molecule has 0 fully saturated rings. The number of rotatable bonds is 8. The molecule has 0 saturated carbocycles. The molecule has 0 amide bonds. The lowest BCUT2D eigenvalue weighted by Crippen LogP contribution is -2.14. The van der Waals surface area contributed by atoms with Crippen molar-refractivity contribution in [2.75, 3.05) is 17.5 Å². The summed E-state index contributed by atoms with van der Waals surface area (Å²) in [6.07, 6.45) is 7.29. The predicted octanol–water partition coefficient (Wildman–Crippen LogP) is 3.32. The van der Waals surface area contributed by atoms with Gasteiger partial charge in [-0.1, -0.05) is 53.1 Å².